The lowest BCUT2D eigenvalue weighted by Gasteiger charge is -2.42. The minimum Gasteiger partial charge on any atom is -0.475 e. The van der Waals surface area contributed by atoms with Crippen molar-refractivity contribution in [3.8, 4) is 17.1 Å². The number of aryl methyl sites for hydroxylation is 1. The van der Waals surface area contributed by atoms with Gasteiger partial charge in [-0.15, -0.1) is 0 Å². The van der Waals surface area contributed by atoms with Crippen molar-refractivity contribution in [3.05, 3.63) is 30.4 Å². The lowest BCUT2D eigenvalue weighted by atomic mass is 9.77. The maximum atomic E-state index is 10.6. The van der Waals surface area contributed by atoms with Crippen LogP contribution in [0.5, 0.6) is 5.88 Å². The van der Waals surface area contributed by atoms with Gasteiger partial charge in [-0.3, -0.25) is 4.68 Å². The first-order chi connectivity index (χ1) is 14.9. The molecule has 0 unspecified atom stereocenters. The predicted molar refractivity (Wildman–Crippen MR) is 107 cm³/mol. The number of hydrogen-bond donors (Lipinski definition) is 2. The summed E-state index contributed by atoms with van der Waals surface area (Å²) in [6, 6.07) is 0.218. The third-order valence-electron chi connectivity index (χ3n) is 5.48. The highest BCUT2D eigenvalue weighted by molar-refractivity contribution is 5.73. The van der Waals surface area contributed by atoms with Crippen molar-refractivity contribution in [1.29, 1.82) is 0 Å². The number of aliphatic carboxylic acids is 1. The Morgan fingerprint density at radius 1 is 1.25 bits per heavy atom. The summed E-state index contributed by atoms with van der Waals surface area (Å²) in [7, 11) is 1.90. The molecule has 172 valence electrons. The number of halogens is 3. The first-order valence-electron chi connectivity index (χ1n) is 10.1. The Balaban J connectivity index is 0.000000307. The van der Waals surface area contributed by atoms with E-state index in [0.717, 1.165) is 29.6 Å². The molecule has 3 N–H and O–H groups in total. The molecule has 2 fully saturated rings. The molecule has 5 rings (SSSR count). The van der Waals surface area contributed by atoms with Crippen LogP contribution in [0.3, 0.4) is 0 Å². The number of hydrogen-bond acceptors (Lipinski definition) is 6. The van der Waals surface area contributed by atoms with Gasteiger partial charge in [-0.25, -0.2) is 14.3 Å². The lowest BCUT2D eigenvalue weighted by molar-refractivity contribution is -0.192. The second kappa shape index (κ2) is 7.76. The van der Waals surface area contributed by atoms with E-state index in [4.69, 9.17) is 25.4 Å². The highest BCUT2D eigenvalue weighted by Gasteiger charge is 2.42. The summed E-state index contributed by atoms with van der Waals surface area (Å²) < 4.78 is 41.8. The molecule has 0 spiro atoms. The normalized spacial score (nSPS) is 22.8. The van der Waals surface area contributed by atoms with Gasteiger partial charge in [0.05, 0.1) is 24.3 Å². The van der Waals surface area contributed by atoms with Gasteiger partial charge in [0.15, 0.2) is 0 Å². The quantitative estimate of drug-likeness (QED) is 0.624. The van der Waals surface area contributed by atoms with Crippen molar-refractivity contribution in [2.24, 2.45) is 12.8 Å². The van der Waals surface area contributed by atoms with Crippen molar-refractivity contribution in [1.82, 2.24) is 24.4 Å². The molecular formula is C20H23F3N6O3. The fourth-order valence-corrected chi connectivity index (χ4v) is 3.82. The van der Waals surface area contributed by atoms with Gasteiger partial charge >= 0.3 is 12.1 Å². The van der Waals surface area contributed by atoms with E-state index in [0.29, 0.717) is 11.8 Å². The molecule has 0 atom stereocenters. The summed E-state index contributed by atoms with van der Waals surface area (Å²) in [5, 5.41) is 15.9. The molecule has 3 aromatic heterocycles. The summed E-state index contributed by atoms with van der Waals surface area (Å²) in [6.07, 6.45) is 6.73. The average Bonchev–Trinajstić information content (AvgIpc) is 3.27. The van der Waals surface area contributed by atoms with E-state index in [1.807, 2.05) is 36.4 Å². The van der Waals surface area contributed by atoms with Crippen LogP contribution in [0.2, 0.25) is 0 Å². The number of ether oxygens (including phenoxy) is 1. The standard InChI is InChI=1S/C18H22N6O.C2HF3O2/c1-18(5-13(19)6-18)25-17-16-14(11-3-4-11)8-21-24(16)10-15(22-17)12-7-20-23(2)9-12;3-2(4,5)1(6)7/h7-11,13H,3-6,19H2,1-2H3;(H,6,7). The molecule has 0 amide bonds. The van der Waals surface area contributed by atoms with Gasteiger partial charge in [-0.05, 0) is 25.7 Å². The molecule has 2 aliphatic rings. The van der Waals surface area contributed by atoms with Gasteiger partial charge in [0.1, 0.15) is 11.1 Å². The summed E-state index contributed by atoms with van der Waals surface area (Å²) >= 11 is 0. The Morgan fingerprint density at radius 2 is 1.91 bits per heavy atom. The van der Waals surface area contributed by atoms with Gasteiger partial charge in [-0.2, -0.15) is 23.4 Å². The van der Waals surface area contributed by atoms with Crippen LogP contribution in [0.15, 0.2) is 24.8 Å². The van der Waals surface area contributed by atoms with E-state index in [9.17, 15) is 13.2 Å². The number of nitrogens with zero attached hydrogens (tertiary/aromatic N) is 5. The maximum Gasteiger partial charge on any atom is 0.490 e. The molecule has 2 aliphatic carbocycles. The van der Waals surface area contributed by atoms with Crippen LogP contribution in [0.25, 0.3) is 16.8 Å². The first kappa shape index (κ1) is 22.1. The predicted octanol–water partition coefficient (Wildman–Crippen LogP) is 2.90. The highest BCUT2D eigenvalue weighted by Crippen LogP contribution is 2.45. The summed E-state index contributed by atoms with van der Waals surface area (Å²) in [4.78, 5) is 13.7. The van der Waals surface area contributed by atoms with Crippen molar-refractivity contribution in [3.63, 3.8) is 0 Å². The fraction of sp³-hybridized carbons (Fsp3) is 0.500. The second-order valence-electron chi connectivity index (χ2n) is 8.52. The number of fused-ring (bicyclic) bond motifs is 1. The van der Waals surface area contributed by atoms with Gasteiger partial charge < -0.3 is 15.6 Å². The van der Waals surface area contributed by atoms with E-state index in [1.54, 1.807) is 4.68 Å². The number of nitrogens with two attached hydrogens (primary N) is 1. The zero-order valence-electron chi connectivity index (χ0n) is 17.5. The zero-order chi connectivity index (χ0) is 23.3. The minimum atomic E-state index is -5.08. The Hall–Kier alpha value is -3.15. The highest BCUT2D eigenvalue weighted by atomic mass is 19.4. The molecule has 0 bridgehead atoms. The van der Waals surface area contributed by atoms with Crippen molar-refractivity contribution in [2.45, 2.75) is 56.3 Å². The molecule has 0 radical (unpaired) electrons. The molecular weight excluding hydrogens is 429 g/mol. The van der Waals surface area contributed by atoms with E-state index < -0.39 is 12.1 Å². The van der Waals surface area contributed by atoms with E-state index in [-0.39, 0.29) is 11.6 Å². The Kier molecular flexibility index (Phi) is 5.35. The first-order valence-corrected chi connectivity index (χ1v) is 10.1. The van der Waals surface area contributed by atoms with Gasteiger partial charge in [0.2, 0.25) is 5.88 Å². The molecule has 9 nitrogen and oxygen atoms in total. The molecule has 32 heavy (non-hydrogen) atoms. The summed E-state index contributed by atoms with van der Waals surface area (Å²) in [6.45, 7) is 2.11. The molecule has 3 heterocycles. The smallest absolute Gasteiger partial charge is 0.475 e. The zero-order valence-corrected chi connectivity index (χ0v) is 17.5. The van der Waals surface area contributed by atoms with Crippen LogP contribution in [-0.4, -0.2) is 53.3 Å². The number of alkyl halides is 3. The number of carboxylic acids is 1. The molecule has 2 saturated carbocycles. The maximum absolute atomic E-state index is 10.6. The van der Waals surface area contributed by atoms with Crippen LogP contribution >= 0.6 is 0 Å². The third kappa shape index (κ3) is 4.54. The van der Waals surface area contributed by atoms with Crippen LogP contribution < -0.4 is 10.5 Å². The summed E-state index contributed by atoms with van der Waals surface area (Å²) in [5.41, 5.74) is 9.74. The van der Waals surface area contributed by atoms with E-state index >= 15 is 0 Å². The SMILES string of the molecule is Cn1cc(-c2cn3ncc(C4CC4)c3c(OC3(C)CC(N)C3)n2)cn1.O=C(O)C(F)(F)F. The van der Waals surface area contributed by atoms with Crippen LogP contribution in [0.1, 0.15) is 44.1 Å². The number of carbonyl (C=O) groups is 1. The largest absolute Gasteiger partial charge is 0.490 e. The second-order valence-corrected chi connectivity index (χ2v) is 8.52. The monoisotopic (exact) mass is 452 g/mol. The Labute approximate surface area is 181 Å². The lowest BCUT2D eigenvalue weighted by Crippen LogP contribution is -2.53. The molecule has 12 heteroatoms. The van der Waals surface area contributed by atoms with Crippen molar-refractivity contribution in [2.75, 3.05) is 0 Å². The van der Waals surface area contributed by atoms with Crippen LogP contribution in [0.4, 0.5) is 13.2 Å². The Morgan fingerprint density at radius 3 is 2.41 bits per heavy atom. The van der Waals surface area contributed by atoms with Gasteiger partial charge in [0.25, 0.3) is 0 Å². The van der Waals surface area contributed by atoms with Crippen LogP contribution in [0, 0.1) is 0 Å². The van der Waals surface area contributed by atoms with E-state index in [1.165, 1.54) is 18.4 Å². The molecule has 3 aromatic rings. The minimum absolute atomic E-state index is 0.218. The number of rotatable bonds is 4. The summed E-state index contributed by atoms with van der Waals surface area (Å²) in [5.74, 6) is -1.51. The number of aromatic nitrogens is 5. The number of carboxylic acid groups (broad SMARTS) is 1. The van der Waals surface area contributed by atoms with Gasteiger partial charge in [0, 0.05) is 43.3 Å². The van der Waals surface area contributed by atoms with Crippen LogP contribution in [-0.2, 0) is 11.8 Å². The third-order valence-corrected chi connectivity index (χ3v) is 5.48. The van der Waals surface area contributed by atoms with E-state index in [2.05, 4.69) is 17.1 Å². The van der Waals surface area contributed by atoms with Crippen molar-refractivity contribution < 1.29 is 27.8 Å². The van der Waals surface area contributed by atoms with Gasteiger partial charge in [-0.1, -0.05) is 0 Å². The topological polar surface area (TPSA) is 121 Å². The average molecular weight is 452 g/mol. The Bertz CT molecular complexity index is 1150. The molecule has 0 saturated heterocycles. The fourth-order valence-electron chi connectivity index (χ4n) is 3.82. The molecule has 0 aromatic carbocycles. The van der Waals surface area contributed by atoms with Crippen molar-refractivity contribution >= 4 is 11.5 Å². The molecule has 0 aliphatic heterocycles.